The molecule has 0 N–H and O–H groups in total. The van der Waals surface area contributed by atoms with Crippen LogP contribution < -0.4 is 9.47 Å². The van der Waals surface area contributed by atoms with Crippen LogP contribution in [-0.2, 0) is 21.4 Å². The average Bonchev–Trinajstić information content (AvgIpc) is 3.10. The van der Waals surface area contributed by atoms with Crippen molar-refractivity contribution in [1.82, 2.24) is 0 Å². The lowest BCUT2D eigenvalue weighted by molar-refractivity contribution is -0.266. The first-order valence-corrected chi connectivity index (χ1v) is 11.5. The number of carbonyl (C=O) groups is 1. The minimum atomic E-state index is -0.505. The van der Waals surface area contributed by atoms with Gasteiger partial charge in [-0.2, -0.15) is 0 Å². The summed E-state index contributed by atoms with van der Waals surface area (Å²) in [7, 11) is 3.55. The van der Waals surface area contributed by atoms with Crippen molar-refractivity contribution in [2.75, 3.05) is 14.2 Å². The van der Waals surface area contributed by atoms with Crippen molar-refractivity contribution < 1.29 is 19.0 Å². The molecule has 2 spiro atoms. The van der Waals surface area contributed by atoms with Gasteiger partial charge in [0, 0.05) is 24.5 Å². The molecule has 0 radical (unpaired) electrons. The molecule has 0 unspecified atom stereocenters. The maximum atomic E-state index is 13.4. The van der Waals surface area contributed by atoms with E-state index in [0.717, 1.165) is 50.0 Å². The monoisotopic (exact) mass is 396 g/mol. The summed E-state index contributed by atoms with van der Waals surface area (Å²) in [6.07, 6.45) is 9.38. The number of hydrogen-bond acceptors (Lipinski definition) is 4. The van der Waals surface area contributed by atoms with Gasteiger partial charge in [-0.15, -0.1) is 0 Å². The van der Waals surface area contributed by atoms with E-state index >= 15 is 0 Å². The van der Waals surface area contributed by atoms with Gasteiger partial charge in [0.1, 0.15) is 17.5 Å². The number of carbonyl (C=O) groups excluding carboxylic acids is 1. The molecular weight excluding hydrogens is 364 g/mol. The second-order valence-corrected chi connectivity index (χ2v) is 10.2. The van der Waals surface area contributed by atoms with Gasteiger partial charge in [-0.1, -0.05) is 19.4 Å². The van der Waals surface area contributed by atoms with Gasteiger partial charge in [0.05, 0.1) is 13.0 Å². The lowest BCUT2D eigenvalue weighted by atomic mass is 9.32. The van der Waals surface area contributed by atoms with Crippen LogP contribution in [0, 0.1) is 17.3 Å². The molecule has 156 valence electrons. The summed E-state index contributed by atoms with van der Waals surface area (Å²) in [5.41, 5.74) is 2.53. The molecule has 0 saturated heterocycles. The van der Waals surface area contributed by atoms with Gasteiger partial charge < -0.3 is 14.2 Å². The van der Waals surface area contributed by atoms with Crippen LogP contribution in [0.15, 0.2) is 12.1 Å². The molecule has 5 aliphatic carbocycles. The highest BCUT2D eigenvalue weighted by atomic mass is 16.6. The molecule has 0 aromatic heterocycles. The summed E-state index contributed by atoms with van der Waals surface area (Å²) in [5.74, 6) is 2.79. The highest BCUT2D eigenvalue weighted by Gasteiger charge is 2.80. The molecule has 29 heavy (non-hydrogen) atoms. The third kappa shape index (κ3) is 1.81. The molecule has 4 nitrogen and oxygen atoms in total. The molecule has 7 rings (SSSR count). The minimum absolute atomic E-state index is 0.00930. The van der Waals surface area contributed by atoms with Gasteiger partial charge in [0.2, 0.25) is 0 Å². The fourth-order valence-electron chi connectivity index (χ4n) is 8.73. The van der Waals surface area contributed by atoms with Crippen LogP contribution in [0.4, 0.5) is 0 Å². The fourth-order valence-corrected chi connectivity index (χ4v) is 8.73. The van der Waals surface area contributed by atoms with E-state index in [1.807, 2.05) is 7.11 Å². The van der Waals surface area contributed by atoms with Crippen LogP contribution in [0.5, 0.6) is 11.5 Å². The summed E-state index contributed by atoms with van der Waals surface area (Å²) >= 11 is 0. The maximum Gasteiger partial charge on any atom is 0.165 e. The number of fused-ring (bicyclic) bond motifs is 2. The summed E-state index contributed by atoms with van der Waals surface area (Å²) in [4.78, 5) is 13.4. The topological polar surface area (TPSA) is 44.8 Å². The SMILES string of the molecule is CCCC(=O)[C@H]1C[C@@]23CC[C@]1(OC)[C@@H]1Oc4c(OC)ccc5c4[C@@]12CCC[C@@H]3C5. The molecule has 0 amide bonds. The van der Waals surface area contributed by atoms with Crippen LogP contribution in [0.2, 0.25) is 0 Å². The maximum absolute atomic E-state index is 13.4. The second-order valence-electron chi connectivity index (χ2n) is 10.2. The third-order valence-corrected chi connectivity index (χ3v) is 9.65. The van der Waals surface area contributed by atoms with E-state index in [-0.39, 0.29) is 22.9 Å². The van der Waals surface area contributed by atoms with E-state index in [0.29, 0.717) is 18.1 Å². The Labute approximate surface area is 173 Å². The van der Waals surface area contributed by atoms with Gasteiger partial charge >= 0.3 is 0 Å². The van der Waals surface area contributed by atoms with Gasteiger partial charge in [-0.25, -0.2) is 0 Å². The largest absolute Gasteiger partial charge is 0.493 e. The number of ketones is 1. The number of ether oxygens (including phenoxy) is 3. The molecular formula is C25H32O4. The zero-order chi connectivity index (χ0) is 20.0. The Morgan fingerprint density at radius 1 is 1.24 bits per heavy atom. The van der Waals surface area contributed by atoms with Crippen molar-refractivity contribution in [3.05, 3.63) is 23.3 Å². The first-order chi connectivity index (χ1) is 14.1. The summed E-state index contributed by atoms with van der Waals surface area (Å²) in [6, 6.07) is 4.36. The molecule has 1 aliphatic heterocycles. The molecule has 4 saturated carbocycles. The van der Waals surface area contributed by atoms with Gasteiger partial charge in [-0.3, -0.25) is 4.79 Å². The van der Waals surface area contributed by atoms with E-state index < -0.39 is 5.60 Å². The number of benzene rings is 1. The smallest absolute Gasteiger partial charge is 0.165 e. The predicted octanol–water partition coefficient (Wildman–Crippen LogP) is 4.60. The number of methoxy groups -OCH3 is 2. The van der Waals surface area contributed by atoms with E-state index in [2.05, 4.69) is 19.1 Å². The van der Waals surface area contributed by atoms with Gasteiger partial charge in [0.15, 0.2) is 11.5 Å². The molecule has 6 aliphatic rings. The number of hydrogen-bond donors (Lipinski definition) is 0. The summed E-state index contributed by atoms with van der Waals surface area (Å²) < 4.78 is 19.0. The Morgan fingerprint density at radius 3 is 2.86 bits per heavy atom. The summed E-state index contributed by atoms with van der Waals surface area (Å²) in [5, 5.41) is 0. The molecule has 4 heteroatoms. The quantitative estimate of drug-likeness (QED) is 0.729. The Balaban J connectivity index is 1.62. The van der Waals surface area contributed by atoms with Crippen molar-refractivity contribution in [3.8, 4) is 11.5 Å². The molecule has 1 aromatic carbocycles. The van der Waals surface area contributed by atoms with Gasteiger partial charge in [-0.05, 0) is 67.9 Å². The second kappa shape index (κ2) is 5.78. The van der Waals surface area contributed by atoms with Crippen molar-refractivity contribution in [3.63, 3.8) is 0 Å². The van der Waals surface area contributed by atoms with Gasteiger partial charge in [0.25, 0.3) is 0 Å². The van der Waals surface area contributed by atoms with E-state index in [9.17, 15) is 4.79 Å². The Morgan fingerprint density at radius 2 is 2.10 bits per heavy atom. The van der Waals surface area contributed by atoms with Crippen LogP contribution >= 0.6 is 0 Å². The van der Waals surface area contributed by atoms with Crippen LogP contribution in [-0.4, -0.2) is 31.7 Å². The third-order valence-electron chi connectivity index (χ3n) is 9.65. The standard InChI is InChI=1S/C25H32O4/c1-4-6-18(26)17-14-23-11-12-25(17,28-3)22-24(23)10-5-7-16(23)13-15-8-9-19(27-2)21(29-22)20(15)24/h8-9,16-17,22H,4-7,10-14H2,1-3H3/t16-,17-,22-,23-,24+,25-/m1/s1. The van der Waals surface area contributed by atoms with E-state index in [1.54, 1.807) is 7.11 Å². The van der Waals surface area contributed by atoms with Crippen molar-refractivity contribution in [2.24, 2.45) is 17.3 Å². The van der Waals surface area contributed by atoms with E-state index in [4.69, 9.17) is 14.2 Å². The first-order valence-electron chi connectivity index (χ1n) is 11.5. The molecule has 4 bridgehead atoms. The Kier molecular flexibility index (Phi) is 3.63. The lowest BCUT2D eigenvalue weighted by Gasteiger charge is -2.72. The van der Waals surface area contributed by atoms with Crippen LogP contribution in [0.25, 0.3) is 0 Å². The van der Waals surface area contributed by atoms with E-state index in [1.165, 1.54) is 24.0 Å². The number of Topliss-reactive ketones (excluding diaryl/α,β-unsaturated/α-hetero) is 1. The van der Waals surface area contributed by atoms with Crippen LogP contribution in [0.1, 0.15) is 69.4 Å². The highest BCUT2D eigenvalue weighted by molar-refractivity contribution is 5.83. The zero-order valence-electron chi connectivity index (χ0n) is 17.9. The number of rotatable bonds is 5. The predicted molar refractivity (Wildman–Crippen MR) is 110 cm³/mol. The Hall–Kier alpha value is -1.55. The highest BCUT2D eigenvalue weighted by Crippen LogP contribution is 2.78. The van der Waals surface area contributed by atoms with Crippen molar-refractivity contribution >= 4 is 5.78 Å². The average molecular weight is 397 g/mol. The fraction of sp³-hybridized carbons (Fsp3) is 0.720. The molecule has 1 heterocycles. The van der Waals surface area contributed by atoms with Crippen molar-refractivity contribution in [2.45, 2.75) is 81.8 Å². The minimum Gasteiger partial charge on any atom is -0.493 e. The Bertz CT molecular complexity index is 893. The zero-order valence-corrected chi connectivity index (χ0v) is 17.9. The normalized spacial score (nSPS) is 42.9. The summed E-state index contributed by atoms with van der Waals surface area (Å²) in [6.45, 7) is 2.10. The molecule has 4 fully saturated rings. The lowest BCUT2D eigenvalue weighted by Crippen LogP contribution is -2.78. The molecule has 1 aromatic rings. The van der Waals surface area contributed by atoms with Crippen molar-refractivity contribution in [1.29, 1.82) is 0 Å². The molecule has 6 atom stereocenters. The first kappa shape index (κ1) is 18.2. The van der Waals surface area contributed by atoms with Crippen LogP contribution in [0.3, 0.4) is 0 Å².